The summed E-state index contributed by atoms with van der Waals surface area (Å²) in [6, 6.07) is 13.6. The minimum absolute atomic E-state index is 0.182. The maximum Gasteiger partial charge on any atom is 0.344 e. The van der Waals surface area contributed by atoms with Crippen LogP contribution in [-0.2, 0) is 14.3 Å². The van der Waals surface area contributed by atoms with Crippen molar-refractivity contribution in [2.45, 2.75) is 38.6 Å². The highest BCUT2D eigenvalue weighted by Crippen LogP contribution is 2.25. The molecule has 2 unspecified atom stereocenters. The van der Waals surface area contributed by atoms with Crippen molar-refractivity contribution in [1.82, 2.24) is 5.32 Å². The number of carbonyl (C=O) groups is 2. The Kier molecular flexibility index (Phi) is 6.10. The third-order valence-electron chi connectivity index (χ3n) is 4.92. The number of ether oxygens (including phenoxy) is 2. The molecule has 1 N–H and O–H groups in total. The highest BCUT2D eigenvalue weighted by Gasteiger charge is 2.23. The Morgan fingerprint density at radius 2 is 1.81 bits per heavy atom. The Hall–Kier alpha value is -2.56. The van der Waals surface area contributed by atoms with Gasteiger partial charge in [0.2, 0.25) is 0 Å². The van der Waals surface area contributed by atoms with Gasteiger partial charge in [0, 0.05) is 11.4 Å². The van der Waals surface area contributed by atoms with Gasteiger partial charge < -0.3 is 14.8 Å². The van der Waals surface area contributed by atoms with Crippen molar-refractivity contribution < 1.29 is 19.1 Å². The van der Waals surface area contributed by atoms with Gasteiger partial charge in [0.15, 0.2) is 13.2 Å². The predicted octanol–water partition coefficient (Wildman–Crippen LogP) is 3.46. The summed E-state index contributed by atoms with van der Waals surface area (Å²) in [4.78, 5) is 23.9. The van der Waals surface area contributed by atoms with Crippen molar-refractivity contribution in [2.24, 2.45) is 5.92 Å². The normalized spacial score (nSPS) is 19.7. The molecule has 0 heterocycles. The van der Waals surface area contributed by atoms with Crippen LogP contribution in [0, 0.1) is 5.92 Å². The van der Waals surface area contributed by atoms with Gasteiger partial charge >= 0.3 is 5.97 Å². The van der Waals surface area contributed by atoms with Crippen LogP contribution in [0.5, 0.6) is 5.75 Å². The van der Waals surface area contributed by atoms with Crippen LogP contribution in [-0.4, -0.2) is 31.1 Å². The van der Waals surface area contributed by atoms with Crippen LogP contribution in [0.4, 0.5) is 0 Å². The second kappa shape index (κ2) is 8.70. The fraction of sp³-hybridized carbons (Fsp3) is 0.429. The van der Waals surface area contributed by atoms with Gasteiger partial charge in [-0.1, -0.05) is 56.2 Å². The summed E-state index contributed by atoms with van der Waals surface area (Å²) in [7, 11) is 0. The molecule has 1 saturated carbocycles. The smallest absolute Gasteiger partial charge is 0.344 e. The number of nitrogens with one attached hydrogen (secondary N) is 1. The van der Waals surface area contributed by atoms with Crippen LogP contribution in [0.15, 0.2) is 42.5 Å². The summed E-state index contributed by atoms with van der Waals surface area (Å²) < 4.78 is 10.6. The Morgan fingerprint density at radius 1 is 1.04 bits per heavy atom. The molecule has 2 aromatic carbocycles. The maximum absolute atomic E-state index is 12.0. The average Bonchev–Trinajstić information content (AvgIpc) is 2.66. The first-order valence-electron chi connectivity index (χ1n) is 9.19. The standard InChI is InChI=1S/C21H25NO4/c1-15-7-2-5-11-18(15)22-20(23)13-26-21(24)14-25-19-12-6-9-16-8-3-4-10-17(16)19/h3-4,6,8-10,12,15,18H,2,5,7,11,13-14H2,1H3,(H,22,23). The van der Waals surface area contributed by atoms with E-state index in [2.05, 4.69) is 12.2 Å². The van der Waals surface area contributed by atoms with Crippen LogP contribution in [0.2, 0.25) is 0 Å². The molecule has 2 aromatic rings. The number of esters is 1. The van der Waals surface area contributed by atoms with E-state index >= 15 is 0 Å². The third kappa shape index (κ3) is 4.75. The number of hydrogen-bond donors (Lipinski definition) is 1. The zero-order chi connectivity index (χ0) is 18.4. The molecule has 5 nitrogen and oxygen atoms in total. The molecule has 2 atom stereocenters. The molecule has 0 radical (unpaired) electrons. The van der Waals surface area contributed by atoms with E-state index in [0.717, 1.165) is 30.0 Å². The van der Waals surface area contributed by atoms with Gasteiger partial charge in [0.05, 0.1) is 0 Å². The van der Waals surface area contributed by atoms with Gasteiger partial charge in [-0.25, -0.2) is 4.79 Å². The van der Waals surface area contributed by atoms with Crippen LogP contribution in [0.25, 0.3) is 10.8 Å². The Bertz CT molecular complexity index is 768. The van der Waals surface area contributed by atoms with Crippen LogP contribution >= 0.6 is 0 Å². The number of fused-ring (bicyclic) bond motifs is 1. The van der Waals surface area contributed by atoms with E-state index in [-0.39, 0.29) is 25.2 Å². The van der Waals surface area contributed by atoms with Crippen LogP contribution in [0.1, 0.15) is 32.6 Å². The Morgan fingerprint density at radius 3 is 2.65 bits per heavy atom. The monoisotopic (exact) mass is 355 g/mol. The van der Waals surface area contributed by atoms with Crippen molar-refractivity contribution in [3.63, 3.8) is 0 Å². The van der Waals surface area contributed by atoms with Gasteiger partial charge in [0.25, 0.3) is 5.91 Å². The lowest BCUT2D eigenvalue weighted by Crippen LogP contribution is -2.43. The summed E-state index contributed by atoms with van der Waals surface area (Å²) in [5.41, 5.74) is 0. The number of benzene rings is 2. The van der Waals surface area contributed by atoms with Gasteiger partial charge in [-0.15, -0.1) is 0 Å². The molecular formula is C21H25NO4. The van der Waals surface area contributed by atoms with Crippen molar-refractivity contribution in [3.8, 4) is 5.75 Å². The summed E-state index contributed by atoms with van der Waals surface area (Å²) in [6.45, 7) is 1.66. The zero-order valence-corrected chi connectivity index (χ0v) is 15.1. The van der Waals surface area contributed by atoms with Gasteiger partial charge in [-0.05, 0) is 30.2 Å². The first-order valence-corrected chi connectivity index (χ1v) is 9.19. The first kappa shape index (κ1) is 18.2. The molecule has 5 heteroatoms. The molecule has 1 aliphatic carbocycles. The molecular weight excluding hydrogens is 330 g/mol. The fourth-order valence-corrected chi connectivity index (χ4v) is 3.43. The quantitative estimate of drug-likeness (QED) is 0.806. The third-order valence-corrected chi connectivity index (χ3v) is 4.92. The molecule has 0 saturated heterocycles. The largest absolute Gasteiger partial charge is 0.481 e. The average molecular weight is 355 g/mol. The second-order valence-corrected chi connectivity index (χ2v) is 6.86. The highest BCUT2D eigenvalue weighted by atomic mass is 16.6. The van der Waals surface area contributed by atoms with E-state index in [4.69, 9.17) is 9.47 Å². The number of rotatable bonds is 6. The maximum atomic E-state index is 12.0. The van der Waals surface area contributed by atoms with Crippen LogP contribution < -0.4 is 10.1 Å². The molecule has 0 bridgehead atoms. The summed E-state index contributed by atoms with van der Waals surface area (Å²) in [5.74, 6) is 0.297. The molecule has 26 heavy (non-hydrogen) atoms. The van der Waals surface area contributed by atoms with E-state index in [1.54, 1.807) is 0 Å². The van der Waals surface area contributed by atoms with Crippen molar-refractivity contribution in [2.75, 3.05) is 13.2 Å². The molecule has 1 aliphatic rings. The predicted molar refractivity (Wildman–Crippen MR) is 100.0 cm³/mol. The molecule has 0 aromatic heterocycles. The lowest BCUT2D eigenvalue weighted by atomic mass is 9.86. The Labute approximate surface area is 153 Å². The van der Waals surface area contributed by atoms with Crippen molar-refractivity contribution in [3.05, 3.63) is 42.5 Å². The molecule has 3 rings (SSSR count). The topological polar surface area (TPSA) is 64.6 Å². The molecule has 1 fully saturated rings. The summed E-state index contributed by atoms with van der Waals surface area (Å²) in [6.07, 6.45) is 4.47. The molecule has 1 amide bonds. The van der Waals surface area contributed by atoms with Gasteiger partial charge in [-0.2, -0.15) is 0 Å². The Balaban J connectivity index is 1.44. The summed E-state index contributed by atoms with van der Waals surface area (Å²) in [5, 5.41) is 4.94. The van der Waals surface area contributed by atoms with Gasteiger partial charge in [-0.3, -0.25) is 4.79 Å². The van der Waals surface area contributed by atoms with E-state index < -0.39 is 5.97 Å². The lowest BCUT2D eigenvalue weighted by molar-refractivity contribution is -0.150. The highest BCUT2D eigenvalue weighted by molar-refractivity contribution is 5.88. The first-order chi connectivity index (χ1) is 12.6. The molecule has 0 aliphatic heterocycles. The fourth-order valence-electron chi connectivity index (χ4n) is 3.43. The van der Waals surface area contributed by atoms with Crippen molar-refractivity contribution >= 4 is 22.6 Å². The minimum atomic E-state index is -0.551. The second-order valence-electron chi connectivity index (χ2n) is 6.86. The van der Waals surface area contributed by atoms with Crippen molar-refractivity contribution in [1.29, 1.82) is 0 Å². The lowest BCUT2D eigenvalue weighted by Gasteiger charge is -2.29. The summed E-state index contributed by atoms with van der Waals surface area (Å²) >= 11 is 0. The number of hydrogen-bond acceptors (Lipinski definition) is 4. The van der Waals surface area contributed by atoms with E-state index in [1.807, 2.05) is 42.5 Å². The number of amides is 1. The minimum Gasteiger partial charge on any atom is -0.481 e. The molecule has 0 spiro atoms. The van der Waals surface area contributed by atoms with E-state index in [0.29, 0.717) is 11.7 Å². The molecule has 138 valence electrons. The van der Waals surface area contributed by atoms with Crippen LogP contribution in [0.3, 0.4) is 0 Å². The zero-order valence-electron chi connectivity index (χ0n) is 15.1. The van der Waals surface area contributed by atoms with E-state index in [1.165, 1.54) is 6.42 Å². The van der Waals surface area contributed by atoms with E-state index in [9.17, 15) is 9.59 Å². The van der Waals surface area contributed by atoms with Gasteiger partial charge in [0.1, 0.15) is 5.75 Å². The number of carbonyl (C=O) groups excluding carboxylic acids is 2. The SMILES string of the molecule is CC1CCCCC1NC(=O)COC(=O)COc1cccc2ccccc12.